The van der Waals surface area contributed by atoms with Gasteiger partial charge in [-0.2, -0.15) is 11.8 Å². The van der Waals surface area contributed by atoms with Crippen LogP contribution in [0.3, 0.4) is 0 Å². The molecule has 2 aliphatic carbocycles. The molecular formula is C51H55N3O8S. The summed E-state index contributed by atoms with van der Waals surface area (Å²) in [5.41, 5.74) is 4.86. The second-order valence-corrected chi connectivity index (χ2v) is 17.8. The normalized spacial score (nSPS) is 23.0. The topological polar surface area (TPSA) is 146 Å². The first-order chi connectivity index (χ1) is 30.9. The number of nitro groups is 1. The fourth-order valence-corrected chi connectivity index (χ4v) is 11.1. The highest BCUT2D eigenvalue weighted by molar-refractivity contribution is 8.00. The lowest BCUT2D eigenvalue weighted by Gasteiger charge is -2.58. The number of rotatable bonds is 21. The highest BCUT2D eigenvalue weighted by atomic mass is 32.2. The van der Waals surface area contributed by atoms with Gasteiger partial charge in [0.15, 0.2) is 0 Å². The van der Waals surface area contributed by atoms with Gasteiger partial charge in [0.05, 0.1) is 28.4 Å². The second kappa shape index (κ2) is 20.8. The fraction of sp³-hybridized carbons (Fsp3) is 0.373. The third kappa shape index (κ3) is 10.00. The first-order valence-corrected chi connectivity index (χ1v) is 23.1. The number of ether oxygens (including phenoxy) is 3. The Hall–Kier alpha value is -5.53. The number of oxime groups is 1. The van der Waals surface area contributed by atoms with E-state index in [0.717, 1.165) is 82.5 Å². The standard InChI is InChI=1S/C51H55N3O8S/c1-2-28-59-51-48(63-29-23-35-21-24-52-25-22-35)33-46(53-60-34-36-13-16-40(17-14-36)54(57)58)44-31-39(11-5-7-26-55)43(12-6-8-27-56)49(50(44)51)45-32-42(19-20-47(45)62-51)61-41-18-15-37-9-3-4-10-38(37)30-41/h2-4,9-10,13-22,24-25,30-32,39,43,48-50,55-56H,1,5-8,11-12,23,26-29,33-34H2. The van der Waals surface area contributed by atoms with Crippen LogP contribution in [0, 0.1) is 27.9 Å². The van der Waals surface area contributed by atoms with Crippen LogP contribution >= 0.6 is 11.8 Å². The SMILES string of the molecule is C=CCOC12Oc3ccc(Oc4ccc5ccccc5c4)cc3C3C(CCCCO)C(CCCCO)C=C(C(=NOCc4ccc([N+](=O)[O-])cc4)CC1SCCc1ccncc1)C32. The van der Waals surface area contributed by atoms with Gasteiger partial charge in [0, 0.05) is 55.6 Å². The molecule has 1 aromatic heterocycles. The molecule has 0 spiro atoms. The van der Waals surface area contributed by atoms with E-state index < -0.39 is 10.7 Å². The van der Waals surface area contributed by atoms with Crippen molar-refractivity contribution in [2.75, 3.05) is 25.6 Å². The Morgan fingerprint density at radius 1 is 0.905 bits per heavy atom. The Morgan fingerprint density at radius 3 is 2.41 bits per heavy atom. The molecule has 3 aliphatic rings. The molecule has 8 rings (SSSR count). The molecule has 0 bridgehead atoms. The average Bonchev–Trinajstić information content (AvgIpc) is 3.30. The van der Waals surface area contributed by atoms with E-state index in [1.54, 1.807) is 30.0 Å². The molecule has 63 heavy (non-hydrogen) atoms. The summed E-state index contributed by atoms with van der Waals surface area (Å²) in [7, 11) is 0. The molecule has 0 saturated heterocycles. The maximum atomic E-state index is 11.3. The molecule has 1 fully saturated rings. The second-order valence-electron chi connectivity index (χ2n) is 16.5. The van der Waals surface area contributed by atoms with E-state index in [1.165, 1.54) is 17.7 Å². The lowest BCUT2D eigenvalue weighted by molar-refractivity contribution is -0.384. The molecule has 4 aromatic carbocycles. The Balaban J connectivity index is 1.24. The number of aryl methyl sites for hydroxylation is 1. The summed E-state index contributed by atoms with van der Waals surface area (Å²) in [5.74, 6) is 1.74. The first-order valence-electron chi connectivity index (χ1n) is 22.0. The zero-order valence-electron chi connectivity index (χ0n) is 35.4. The predicted molar refractivity (Wildman–Crippen MR) is 247 cm³/mol. The van der Waals surface area contributed by atoms with E-state index in [2.05, 4.69) is 48.0 Å². The molecule has 0 radical (unpaired) electrons. The monoisotopic (exact) mass is 869 g/mol. The molecule has 12 heteroatoms. The van der Waals surface area contributed by atoms with Crippen LogP contribution in [0.5, 0.6) is 17.2 Å². The number of non-ortho nitro benzene ring substituents is 1. The number of aromatic nitrogens is 1. The Labute approximate surface area is 373 Å². The van der Waals surface area contributed by atoms with Crippen molar-refractivity contribution >= 4 is 33.9 Å². The van der Waals surface area contributed by atoms with Crippen LogP contribution in [-0.2, 0) is 22.6 Å². The van der Waals surface area contributed by atoms with Crippen molar-refractivity contribution in [3.8, 4) is 17.2 Å². The van der Waals surface area contributed by atoms with Gasteiger partial charge < -0.3 is 29.3 Å². The summed E-state index contributed by atoms with van der Waals surface area (Å²) >= 11 is 1.81. The van der Waals surface area contributed by atoms with Gasteiger partial charge in [-0.15, -0.1) is 6.58 Å². The van der Waals surface area contributed by atoms with Gasteiger partial charge in [0.1, 0.15) is 23.9 Å². The lowest BCUT2D eigenvalue weighted by atomic mass is 9.56. The third-order valence-corrected chi connectivity index (χ3v) is 13.9. The summed E-state index contributed by atoms with van der Waals surface area (Å²) < 4.78 is 21.1. The molecule has 1 aliphatic heterocycles. The number of aliphatic hydroxyl groups is 2. The number of aliphatic hydroxyl groups excluding tert-OH is 2. The predicted octanol–water partition coefficient (Wildman–Crippen LogP) is 10.7. The minimum absolute atomic E-state index is 0.0161. The van der Waals surface area contributed by atoms with E-state index in [1.807, 2.05) is 54.9 Å². The average molecular weight is 870 g/mol. The number of benzene rings is 4. The van der Waals surface area contributed by atoms with Crippen LogP contribution < -0.4 is 9.47 Å². The number of nitro benzene ring substituents is 1. The molecule has 1 saturated carbocycles. The molecule has 6 atom stereocenters. The maximum absolute atomic E-state index is 11.3. The van der Waals surface area contributed by atoms with Gasteiger partial charge in [-0.25, -0.2) is 0 Å². The molecule has 0 amide bonds. The fourth-order valence-electron chi connectivity index (χ4n) is 9.67. The molecule has 5 aromatic rings. The van der Waals surface area contributed by atoms with E-state index in [-0.39, 0.29) is 61.0 Å². The van der Waals surface area contributed by atoms with Crippen LogP contribution in [0.1, 0.15) is 67.6 Å². The van der Waals surface area contributed by atoms with Gasteiger partial charge >= 0.3 is 0 Å². The van der Waals surface area contributed by atoms with Gasteiger partial charge in [-0.05, 0) is 132 Å². The molecule has 2 heterocycles. The van der Waals surface area contributed by atoms with Gasteiger partial charge in [0.25, 0.3) is 5.69 Å². The minimum Gasteiger partial charge on any atom is -0.460 e. The molecule has 328 valence electrons. The third-order valence-electron chi connectivity index (χ3n) is 12.6. The Morgan fingerprint density at radius 2 is 1.65 bits per heavy atom. The first kappa shape index (κ1) is 44.1. The van der Waals surface area contributed by atoms with Crippen molar-refractivity contribution < 1.29 is 34.2 Å². The van der Waals surface area contributed by atoms with Crippen molar-refractivity contribution in [1.82, 2.24) is 4.98 Å². The number of fused-ring (bicyclic) bond motifs is 3. The largest absolute Gasteiger partial charge is 0.460 e. The zero-order valence-corrected chi connectivity index (χ0v) is 36.2. The van der Waals surface area contributed by atoms with E-state index in [9.17, 15) is 20.3 Å². The molecular weight excluding hydrogens is 815 g/mol. The maximum Gasteiger partial charge on any atom is 0.269 e. The van der Waals surface area contributed by atoms with Crippen LogP contribution in [0.25, 0.3) is 10.8 Å². The number of pyridine rings is 1. The Bertz CT molecular complexity index is 2410. The van der Waals surface area contributed by atoms with Crippen LogP contribution in [0.2, 0.25) is 0 Å². The van der Waals surface area contributed by atoms with Crippen molar-refractivity contribution in [3.63, 3.8) is 0 Å². The van der Waals surface area contributed by atoms with E-state index >= 15 is 0 Å². The van der Waals surface area contributed by atoms with E-state index in [0.29, 0.717) is 25.0 Å². The smallest absolute Gasteiger partial charge is 0.269 e. The quantitative estimate of drug-likeness (QED) is 0.0316. The van der Waals surface area contributed by atoms with E-state index in [4.69, 9.17) is 24.2 Å². The highest BCUT2D eigenvalue weighted by Gasteiger charge is 2.64. The summed E-state index contributed by atoms with van der Waals surface area (Å²) in [6.07, 6.45) is 13.9. The highest BCUT2D eigenvalue weighted by Crippen LogP contribution is 2.62. The number of nitrogens with zero attached hydrogens (tertiary/aromatic N) is 3. The number of thioether (sulfide) groups is 1. The van der Waals surface area contributed by atoms with Gasteiger partial charge in [-0.3, -0.25) is 15.1 Å². The number of unbranched alkanes of at least 4 members (excludes halogenated alkanes) is 2. The summed E-state index contributed by atoms with van der Waals surface area (Å²) in [5, 5.41) is 38.2. The van der Waals surface area contributed by atoms with Crippen molar-refractivity contribution in [1.29, 1.82) is 0 Å². The van der Waals surface area contributed by atoms with Crippen molar-refractivity contribution in [3.05, 3.63) is 161 Å². The summed E-state index contributed by atoms with van der Waals surface area (Å²) in [4.78, 5) is 21.3. The molecule has 11 nitrogen and oxygen atoms in total. The van der Waals surface area contributed by atoms with Crippen LogP contribution in [0.15, 0.2) is 139 Å². The van der Waals surface area contributed by atoms with Crippen LogP contribution in [0.4, 0.5) is 5.69 Å². The lowest BCUT2D eigenvalue weighted by Crippen LogP contribution is -2.64. The van der Waals surface area contributed by atoms with Crippen LogP contribution in [-0.4, -0.2) is 62.4 Å². The minimum atomic E-state index is -1.11. The molecule has 2 N–H and O–H groups in total. The zero-order chi connectivity index (χ0) is 43.6. The number of allylic oxidation sites excluding steroid dienone is 1. The Kier molecular flexibility index (Phi) is 14.5. The van der Waals surface area contributed by atoms with Crippen molar-refractivity contribution in [2.24, 2.45) is 22.9 Å². The van der Waals surface area contributed by atoms with Gasteiger partial charge in [0.2, 0.25) is 5.79 Å². The number of hydrogen-bond acceptors (Lipinski definition) is 11. The van der Waals surface area contributed by atoms with Gasteiger partial charge in [-0.1, -0.05) is 60.5 Å². The summed E-state index contributed by atoms with van der Waals surface area (Å²) in [6, 6.07) is 30.9. The summed E-state index contributed by atoms with van der Waals surface area (Å²) in [6.45, 7) is 4.71. The molecule has 6 unspecified atom stereocenters. The van der Waals surface area contributed by atoms with Crippen molar-refractivity contribution in [2.45, 2.75) is 74.9 Å². The number of hydrogen-bond donors (Lipinski definition) is 2.